The lowest BCUT2D eigenvalue weighted by Gasteiger charge is -2.23. The van der Waals surface area contributed by atoms with Crippen molar-refractivity contribution >= 4 is 17.4 Å². The maximum absolute atomic E-state index is 12.6. The van der Waals surface area contributed by atoms with Gasteiger partial charge in [0, 0.05) is 24.9 Å². The number of nitrogens with zero attached hydrogens (tertiary/aromatic N) is 2. The summed E-state index contributed by atoms with van der Waals surface area (Å²) in [6.45, 7) is 2.04. The number of hydrogen-bond donors (Lipinski definition) is 0. The zero-order chi connectivity index (χ0) is 15.0. The Morgan fingerprint density at radius 2 is 2.14 bits per heavy atom. The first-order valence-electron chi connectivity index (χ1n) is 7.44. The van der Waals surface area contributed by atoms with Crippen LogP contribution >= 0.6 is 11.6 Å². The topological polar surface area (TPSA) is 34.9 Å². The van der Waals surface area contributed by atoms with E-state index in [0.717, 1.165) is 41.2 Å². The molecule has 1 heterocycles. The molecular formula is C17H19ClN2O. The van der Waals surface area contributed by atoms with E-state index in [1.165, 1.54) is 5.56 Å². The lowest BCUT2D eigenvalue weighted by Crippen LogP contribution is -2.25. The minimum Gasteiger partial charge on any atom is -0.294 e. The summed E-state index contributed by atoms with van der Waals surface area (Å²) in [4.78, 5) is 12.6. The Morgan fingerprint density at radius 1 is 1.38 bits per heavy atom. The Balaban J connectivity index is 1.87. The van der Waals surface area contributed by atoms with Crippen LogP contribution in [0.3, 0.4) is 0 Å². The van der Waals surface area contributed by atoms with E-state index in [4.69, 9.17) is 11.6 Å². The van der Waals surface area contributed by atoms with Gasteiger partial charge in [-0.2, -0.15) is 5.10 Å². The van der Waals surface area contributed by atoms with E-state index in [-0.39, 0.29) is 11.7 Å². The van der Waals surface area contributed by atoms with E-state index in [1.54, 1.807) is 0 Å². The fraction of sp³-hybridized carbons (Fsp3) is 0.412. The molecular weight excluding hydrogens is 284 g/mol. The summed E-state index contributed by atoms with van der Waals surface area (Å²) in [6.07, 6.45) is 3.34. The summed E-state index contributed by atoms with van der Waals surface area (Å²) in [5, 5.41) is 5.17. The third-order valence-electron chi connectivity index (χ3n) is 4.36. The maximum atomic E-state index is 12.6. The Labute approximate surface area is 129 Å². The summed E-state index contributed by atoms with van der Waals surface area (Å²) in [7, 11) is 1.90. The molecule has 1 aliphatic carbocycles. The van der Waals surface area contributed by atoms with Crippen LogP contribution in [0.1, 0.15) is 40.7 Å². The Kier molecular flexibility index (Phi) is 3.85. The van der Waals surface area contributed by atoms with Crippen LogP contribution in [0.2, 0.25) is 5.02 Å². The summed E-state index contributed by atoms with van der Waals surface area (Å²) < 4.78 is 1.83. The molecule has 2 aromatic rings. The average Bonchev–Trinajstić information content (AvgIpc) is 2.77. The van der Waals surface area contributed by atoms with Gasteiger partial charge in [0.25, 0.3) is 0 Å². The Morgan fingerprint density at radius 3 is 2.86 bits per heavy atom. The van der Waals surface area contributed by atoms with Gasteiger partial charge in [0.05, 0.1) is 16.4 Å². The third-order valence-corrected chi connectivity index (χ3v) is 4.79. The molecule has 3 rings (SSSR count). The van der Waals surface area contributed by atoms with Crippen molar-refractivity contribution < 1.29 is 4.79 Å². The molecule has 0 fully saturated rings. The van der Waals surface area contributed by atoms with Crippen LogP contribution in [0.25, 0.3) is 0 Å². The monoisotopic (exact) mass is 302 g/mol. The first-order chi connectivity index (χ1) is 10.1. The van der Waals surface area contributed by atoms with Gasteiger partial charge in [-0.15, -0.1) is 0 Å². The molecule has 0 amide bonds. The highest BCUT2D eigenvalue weighted by molar-refractivity contribution is 6.31. The van der Waals surface area contributed by atoms with Gasteiger partial charge in [0.1, 0.15) is 0 Å². The van der Waals surface area contributed by atoms with Crippen LogP contribution < -0.4 is 0 Å². The molecule has 4 heteroatoms. The first-order valence-corrected chi connectivity index (χ1v) is 7.82. The van der Waals surface area contributed by atoms with Crippen molar-refractivity contribution in [3.8, 4) is 0 Å². The summed E-state index contributed by atoms with van der Waals surface area (Å²) in [5.41, 5.74) is 3.94. The summed E-state index contributed by atoms with van der Waals surface area (Å²) >= 11 is 6.40. The number of Topliss-reactive ketones (excluding diaryl/α,β-unsaturated/α-hetero) is 1. The second kappa shape index (κ2) is 5.64. The molecule has 21 heavy (non-hydrogen) atoms. The van der Waals surface area contributed by atoms with Crippen molar-refractivity contribution in [3.05, 3.63) is 51.8 Å². The molecule has 1 unspecified atom stereocenters. The van der Waals surface area contributed by atoms with Gasteiger partial charge >= 0.3 is 0 Å². The van der Waals surface area contributed by atoms with Gasteiger partial charge in [0.2, 0.25) is 0 Å². The summed E-state index contributed by atoms with van der Waals surface area (Å²) in [5.74, 6) is 0.254. The second-order valence-corrected chi connectivity index (χ2v) is 6.02. The number of rotatable bonds is 3. The number of halogens is 1. The third kappa shape index (κ3) is 2.51. The van der Waals surface area contributed by atoms with E-state index in [0.29, 0.717) is 6.42 Å². The predicted molar refractivity (Wildman–Crippen MR) is 83.9 cm³/mol. The van der Waals surface area contributed by atoms with Crippen molar-refractivity contribution in [2.24, 2.45) is 13.0 Å². The van der Waals surface area contributed by atoms with E-state index < -0.39 is 0 Å². The largest absolute Gasteiger partial charge is 0.294 e. The number of carbonyl (C=O) groups excluding carboxylic acids is 1. The molecule has 0 saturated carbocycles. The van der Waals surface area contributed by atoms with Crippen LogP contribution in [0.5, 0.6) is 0 Å². The standard InChI is InChI=1S/C17H19ClN2O/c1-3-14-16(18)15(20(2)19-14)10-12-9-8-11-6-4-5-7-13(11)17(12)21/h4-7,12H,3,8-10H2,1-2H3. The number of fused-ring (bicyclic) bond motifs is 1. The van der Waals surface area contributed by atoms with Crippen LogP contribution in [0.15, 0.2) is 24.3 Å². The molecule has 0 aliphatic heterocycles. The van der Waals surface area contributed by atoms with Gasteiger partial charge in [-0.05, 0) is 24.8 Å². The van der Waals surface area contributed by atoms with E-state index >= 15 is 0 Å². The molecule has 0 spiro atoms. The smallest absolute Gasteiger partial charge is 0.166 e. The quantitative estimate of drug-likeness (QED) is 0.868. The Bertz CT molecular complexity index is 690. The number of hydrogen-bond acceptors (Lipinski definition) is 2. The number of aromatic nitrogens is 2. The highest BCUT2D eigenvalue weighted by Gasteiger charge is 2.29. The lowest BCUT2D eigenvalue weighted by molar-refractivity contribution is 0.0900. The van der Waals surface area contributed by atoms with E-state index in [2.05, 4.69) is 11.2 Å². The highest BCUT2D eigenvalue weighted by Crippen LogP contribution is 2.30. The number of benzene rings is 1. The van der Waals surface area contributed by atoms with E-state index in [9.17, 15) is 4.79 Å². The predicted octanol–water partition coefficient (Wildman–Crippen LogP) is 3.62. The SMILES string of the molecule is CCc1nn(C)c(CC2CCc3ccccc3C2=O)c1Cl. The molecule has 1 aromatic heterocycles. The van der Waals surface area contributed by atoms with Crippen molar-refractivity contribution in [1.29, 1.82) is 0 Å². The van der Waals surface area contributed by atoms with Crippen LogP contribution in [-0.4, -0.2) is 15.6 Å². The molecule has 1 atom stereocenters. The van der Waals surface area contributed by atoms with Gasteiger partial charge in [-0.3, -0.25) is 9.48 Å². The molecule has 0 saturated heterocycles. The number of carbonyl (C=O) groups is 1. The van der Waals surface area contributed by atoms with E-state index in [1.807, 2.05) is 36.9 Å². The van der Waals surface area contributed by atoms with Crippen molar-refractivity contribution in [2.75, 3.05) is 0 Å². The van der Waals surface area contributed by atoms with Crippen molar-refractivity contribution in [1.82, 2.24) is 9.78 Å². The van der Waals surface area contributed by atoms with Gasteiger partial charge in [-0.1, -0.05) is 42.8 Å². The molecule has 110 valence electrons. The zero-order valence-corrected chi connectivity index (χ0v) is 13.2. The normalized spacial score (nSPS) is 17.9. The van der Waals surface area contributed by atoms with Crippen molar-refractivity contribution in [2.45, 2.75) is 32.6 Å². The van der Waals surface area contributed by atoms with Crippen LogP contribution in [-0.2, 0) is 26.3 Å². The summed E-state index contributed by atoms with van der Waals surface area (Å²) in [6, 6.07) is 7.92. The molecule has 1 aromatic carbocycles. The number of aryl methyl sites for hydroxylation is 3. The average molecular weight is 303 g/mol. The number of ketones is 1. The van der Waals surface area contributed by atoms with Crippen LogP contribution in [0, 0.1) is 5.92 Å². The lowest BCUT2D eigenvalue weighted by atomic mass is 9.80. The molecule has 0 radical (unpaired) electrons. The molecule has 3 nitrogen and oxygen atoms in total. The van der Waals surface area contributed by atoms with Crippen LogP contribution in [0.4, 0.5) is 0 Å². The first kappa shape index (κ1) is 14.3. The maximum Gasteiger partial charge on any atom is 0.166 e. The van der Waals surface area contributed by atoms with Crippen molar-refractivity contribution in [3.63, 3.8) is 0 Å². The fourth-order valence-corrected chi connectivity index (χ4v) is 3.50. The fourth-order valence-electron chi connectivity index (χ4n) is 3.13. The minimum absolute atomic E-state index is 0.0116. The van der Waals surface area contributed by atoms with Gasteiger partial charge in [-0.25, -0.2) is 0 Å². The van der Waals surface area contributed by atoms with Gasteiger partial charge < -0.3 is 0 Å². The molecule has 0 bridgehead atoms. The molecule has 1 aliphatic rings. The minimum atomic E-state index is 0.0116. The highest BCUT2D eigenvalue weighted by atomic mass is 35.5. The van der Waals surface area contributed by atoms with Gasteiger partial charge in [0.15, 0.2) is 5.78 Å². The molecule has 0 N–H and O–H groups in total. The second-order valence-electron chi connectivity index (χ2n) is 5.65. The zero-order valence-electron chi connectivity index (χ0n) is 12.4. The Hall–Kier alpha value is -1.61.